The zero-order chi connectivity index (χ0) is 17.9. The van der Waals surface area contributed by atoms with Gasteiger partial charge in [-0.05, 0) is 30.2 Å². The van der Waals surface area contributed by atoms with Gasteiger partial charge in [-0.3, -0.25) is 9.69 Å². The normalized spacial score (nSPS) is 20.6. The molecule has 1 fully saturated rings. The van der Waals surface area contributed by atoms with Crippen molar-refractivity contribution in [2.75, 3.05) is 31.5 Å². The Kier molecular flexibility index (Phi) is 6.38. The predicted molar refractivity (Wildman–Crippen MR) is 112 cm³/mol. The van der Waals surface area contributed by atoms with Crippen molar-refractivity contribution in [1.82, 2.24) is 4.90 Å². The molecule has 2 aromatic carbocycles. The zero-order valence-corrected chi connectivity index (χ0v) is 16.4. The molecule has 8 heteroatoms. The summed E-state index contributed by atoms with van der Waals surface area (Å²) in [7, 11) is 0. The molecule has 2 heterocycles. The van der Waals surface area contributed by atoms with Gasteiger partial charge in [0.25, 0.3) is 0 Å². The van der Waals surface area contributed by atoms with Crippen molar-refractivity contribution in [2.45, 2.75) is 5.92 Å². The molecular formula is C19H22ClN5OS. The second-order valence-corrected chi connectivity index (χ2v) is 7.22. The van der Waals surface area contributed by atoms with Crippen molar-refractivity contribution in [1.29, 1.82) is 0 Å². The number of nitrogens with two attached hydrogens (primary N) is 1. The van der Waals surface area contributed by atoms with Crippen LogP contribution in [0.2, 0.25) is 0 Å². The molecule has 4 rings (SSSR count). The van der Waals surface area contributed by atoms with E-state index in [0.29, 0.717) is 24.9 Å². The van der Waals surface area contributed by atoms with Crippen molar-refractivity contribution in [3.8, 4) is 0 Å². The van der Waals surface area contributed by atoms with Gasteiger partial charge in [0.2, 0.25) is 5.91 Å². The lowest BCUT2D eigenvalue weighted by atomic mass is 9.89. The average molecular weight is 404 g/mol. The zero-order valence-electron chi connectivity index (χ0n) is 14.7. The molecule has 3 N–H and O–H groups in total. The second-order valence-electron chi connectivity index (χ2n) is 6.69. The Labute approximate surface area is 168 Å². The highest BCUT2D eigenvalue weighted by Gasteiger charge is 2.33. The largest absolute Gasteiger partial charge is 0.330 e. The van der Waals surface area contributed by atoms with E-state index in [1.54, 1.807) is 0 Å². The molecular weight excluding hydrogens is 382 g/mol. The number of nitrogens with one attached hydrogen (secondary N) is 1. The first kappa shape index (κ1) is 19.7. The quantitative estimate of drug-likeness (QED) is 0.684. The third-order valence-corrected chi connectivity index (χ3v) is 5.52. The summed E-state index contributed by atoms with van der Waals surface area (Å²) in [6, 6.07) is 16.1. The van der Waals surface area contributed by atoms with Crippen LogP contribution >= 0.6 is 12.4 Å². The molecule has 27 heavy (non-hydrogen) atoms. The SMILES string of the molecule is Cl.NC[C@@H]1CN(CC(=O)Nc2cccc3c2N=S=N3)C[C@H]1c1ccccc1. The Morgan fingerprint density at radius 1 is 1.15 bits per heavy atom. The lowest BCUT2D eigenvalue weighted by molar-refractivity contribution is -0.117. The first-order chi connectivity index (χ1) is 12.7. The summed E-state index contributed by atoms with van der Waals surface area (Å²) in [5.74, 6) is 0.714. The smallest absolute Gasteiger partial charge is 0.238 e. The van der Waals surface area contributed by atoms with Gasteiger partial charge in [0, 0.05) is 19.0 Å². The van der Waals surface area contributed by atoms with Crippen LogP contribution in [0.3, 0.4) is 0 Å². The van der Waals surface area contributed by atoms with Crippen molar-refractivity contribution in [3.63, 3.8) is 0 Å². The molecule has 142 valence electrons. The van der Waals surface area contributed by atoms with Gasteiger partial charge in [0.05, 0.1) is 23.6 Å². The Balaban J connectivity index is 0.00000210. The first-order valence-electron chi connectivity index (χ1n) is 8.73. The maximum atomic E-state index is 12.5. The summed E-state index contributed by atoms with van der Waals surface area (Å²) in [6.07, 6.45) is 0. The fourth-order valence-electron chi connectivity index (χ4n) is 3.71. The van der Waals surface area contributed by atoms with E-state index in [9.17, 15) is 4.79 Å². The molecule has 6 nitrogen and oxygen atoms in total. The maximum absolute atomic E-state index is 12.5. The lowest BCUT2D eigenvalue weighted by Gasteiger charge is -2.17. The average Bonchev–Trinajstić information content (AvgIpc) is 3.29. The first-order valence-corrected chi connectivity index (χ1v) is 9.46. The molecule has 2 aromatic rings. The number of nitrogens with zero attached hydrogens (tertiary/aromatic N) is 3. The number of anilines is 1. The Morgan fingerprint density at radius 3 is 2.74 bits per heavy atom. The van der Waals surface area contributed by atoms with Crippen LogP contribution in [-0.4, -0.2) is 37.0 Å². The minimum Gasteiger partial charge on any atom is -0.330 e. The van der Waals surface area contributed by atoms with Crippen LogP contribution in [0, 0.1) is 5.92 Å². The number of fused-ring (bicyclic) bond motifs is 1. The molecule has 1 amide bonds. The van der Waals surface area contributed by atoms with Gasteiger partial charge >= 0.3 is 0 Å². The van der Waals surface area contributed by atoms with E-state index in [1.165, 1.54) is 5.56 Å². The molecule has 1 saturated heterocycles. The number of likely N-dealkylation sites (tertiary alicyclic amines) is 1. The van der Waals surface area contributed by atoms with Gasteiger partial charge in [0.1, 0.15) is 11.4 Å². The van der Waals surface area contributed by atoms with Crippen LogP contribution in [0.5, 0.6) is 0 Å². The Morgan fingerprint density at radius 2 is 1.96 bits per heavy atom. The van der Waals surface area contributed by atoms with Gasteiger partial charge in [-0.2, -0.15) is 8.73 Å². The monoisotopic (exact) mass is 403 g/mol. The molecule has 0 unspecified atom stereocenters. The number of halogens is 1. The lowest BCUT2D eigenvalue weighted by Crippen LogP contribution is -2.32. The van der Waals surface area contributed by atoms with Gasteiger partial charge in [-0.25, -0.2) is 0 Å². The molecule has 2 aliphatic heterocycles. The number of hydrogen-bond acceptors (Lipinski definition) is 5. The highest BCUT2D eigenvalue weighted by molar-refractivity contribution is 7.58. The summed E-state index contributed by atoms with van der Waals surface area (Å²) < 4.78 is 8.48. The minimum absolute atomic E-state index is 0. The van der Waals surface area contributed by atoms with Gasteiger partial charge in [-0.1, -0.05) is 36.4 Å². The highest BCUT2D eigenvalue weighted by Crippen LogP contribution is 2.38. The van der Waals surface area contributed by atoms with E-state index >= 15 is 0 Å². The Hall–Kier alpha value is -2.06. The van der Waals surface area contributed by atoms with Crippen LogP contribution < -0.4 is 11.1 Å². The second kappa shape index (κ2) is 8.75. The number of carbonyl (C=O) groups excluding carboxylic acids is 1. The van der Waals surface area contributed by atoms with Crippen LogP contribution in [0.1, 0.15) is 11.5 Å². The van der Waals surface area contributed by atoms with E-state index in [-0.39, 0.29) is 18.3 Å². The maximum Gasteiger partial charge on any atom is 0.238 e. The van der Waals surface area contributed by atoms with Crippen LogP contribution in [0.4, 0.5) is 17.1 Å². The van der Waals surface area contributed by atoms with Crippen LogP contribution in [0.15, 0.2) is 57.3 Å². The number of rotatable bonds is 5. The van der Waals surface area contributed by atoms with E-state index in [1.807, 2.05) is 24.3 Å². The van der Waals surface area contributed by atoms with Gasteiger partial charge < -0.3 is 11.1 Å². The molecule has 0 spiro atoms. The van der Waals surface area contributed by atoms with Crippen molar-refractivity contribution < 1.29 is 4.79 Å². The van der Waals surface area contributed by atoms with Crippen molar-refractivity contribution in [3.05, 3.63) is 54.1 Å². The molecule has 0 aliphatic carbocycles. The van der Waals surface area contributed by atoms with E-state index in [4.69, 9.17) is 5.73 Å². The molecule has 0 aromatic heterocycles. The number of carbonyl (C=O) groups is 1. The van der Waals surface area contributed by atoms with E-state index < -0.39 is 0 Å². The van der Waals surface area contributed by atoms with Gasteiger partial charge in [0.15, 0.2) is 0 Å². The van der Waals surface area contributed by atoms with Crippen molar-refractivity contribution in [2.24, 2.45) is 20.4 Å². The summed E-state index contributed by atoms with van der Waals surface area (Å²) in [6.45, 7) is 2.67. The third kappa shape index (κ3) is 4.27. The summed E-state index contributed by atoms with van der Waals surface area (Å²) in [5.41, 5.74) is 9.55. The van der Waals surface area contributed by atoms with Crippen LogP contribution in [-0.2, 0) is 16.1 Å². The molecule has 2 aliphatic rings. The highest BCUT2D eigenvalue weighted by atomic mass is 35.5. The fourth-order valence-corrected chi connectivity index (χ4v) is 4.26. The standard InChI is InChI=1S/C19H21N5OS.ClH/c20-9-14-10-24(11-15(14)13-5-2-1-3-6-13)12-18(25)21-16-7-4-8-17-19(16)23-26-22-17;/h1-8,14-15H,9-12,20H2,(H,21,25);1H/t14-,15+;/m1./s1. The molecule has 2 atom stereocenters. The minimum atomic E-state index is -0.0324. The Bertz CT molecular complexity index is 885. The van der Waals surface area contributed by atoms with Crippen LogP contribution in [0.25, 0.3) is 0 Å². The topological polar surface area (TPSA) is 83.1 Å². The number of hydrogen-bond donors (Lipinski definition) is 2. The molecule has 0 bridgehead atoms. The van der Waals surface area contributed by atoms with E-state index in [2.05, 4.69) is 43.2 Å². The summed E-state index contributed by atoms with van der Waals surface area (Å²) in [4.78, 5) is 14.7. The van der Waals surface area contributed by atoms with Gasteiger partial charge in [-0.15, -0.1) is 12.4 Å². The molecule has 0 radical (unpaired) electrons. The summed E-state index contributed by atoms with van der Waals surface area (Å²) >= 11 is 1.15. The van der Waals surface area contributed by atoms with E-state index in [0.717, 1.165) is 41.5 Å². The third-order valence-electron chi connectivity index (χ3n) is 4.97. The summed E-state index contributed by atoms with van der Waals surface area (Å²) in [5, 5.41) is 2.98. The number of amides is 1. The fraction of sp³-hybridized carbons (Fsp3) is 0.316. The van der Waals surface area contributed by atoms with Crippen molar-refractivity contribution >= 4 is 46.7 Å². The predicted octanol–water partition coefficient (Wildman–Crippen LogP) is 3.45. The number of benzene rings is 2. The molecule has 0 saturated carbocycles.